The van der Waals surface area contributed by atoms with Gasteiger partial charge in [-0.3, -0.25) is 4.79 Å². The summed E-state index contributed by atoms with van der Waals surface area (Å²) in [6, 6.07) is 16.6. The number of phenolic OH excluding ortho intramolecular Hbond substituents is 1. The van der Waals surface area contributed by atoms with E-state index in [-0.39, 0.29) is 11.7 Å². The third-order valence-corrected chi connectivity index (χ3v) is 4.88. The number of rotatable bonds is 3. The van der Waals surface area contributed by atoms with Gasteiger partial charge in [0.15, 0.2) is 0 Å². The molecule has 3 nitrogen and oxygen atoms in total. The molecule has 3 aromatic rings. The number of carbonyl (C=O) groups is 1. The van der Waals surface area contributed by atoms with Crippen LogP contribution >= 0.6 is 11.3 Å². The summed E-state index contributed by atoms with van der Waals surface area (Å²) in [7, 11) is 0. The molecule has 1 amide bonds. The van der Waals surface area contributed by atoms with E-state index in [1.165, 1.54) is 22.5 Å². The molecule has 0 spiro atoms. The van der Waals surface area contributed by atoms with Gasteiger partial charge in [0, 0.05) is 10.6 Å². The highest BCUT2D eigenvalue weighted by Gasteiger charge is 2.11. The standard InChI is InChI=1S/C19H17NO2S/c1-12-3-4-14(11-13(12)2)17-9-10-18(23-17)19(22)20-15-5-7-16(21)8-6-15/h3-11,21H,1-2H3,(H,20,22). The molecule has 0 aliphatic rings. The van der Waals surface area contributed by atoms with Crippen molar-refractivity contribution in [3.8, 4) is 16.2 Å². The van der Waals surface area contributed by atoms with Crippen LogP contribution in [-0.4, -0.2) is 11.0 Å². The van der Waals surface area contributed by atoms with Crippen LogP contribution in [0.2, 0.25) is 0 Å². The van der Waals surface area contributed by atoms with Crippen LogP contribution in [0.5, 0.6) is 5.75 Å². The summed E-state index contributed by atoms with van der Waals surface area (Å²) in [4.78, 5) is 14.0. The number of carbonyl (C=O) groups excluding carboxylic acids is 1. The molecule has 1 aromatic heterocycles. The number of benzene rings is 2. The first kappa shape index (κ1) is 15.3. The molecule has 116 valence electrons. The third-order valence-electron chi connectivity index (χ3n) is 3.75. The predicted octanol–water partition coefficient (Wildman–Crippen LogP) is 4.99. The maximum Gasteiger partial charge on any atom is 0.265 e. The Morgan fingerprint density at radius 1 is 0.957 bits per heavy atom. The van der Waals surface area contributed by atoms with Crippen LogP contribution in [0, 0.1) is 13.8 Å². The van der Waals surface area contributed by atoms with E-state index < -0.39 is 0 Å². The lowest BCUT2D eigenvalue weighted by Crippen LogP contribution is -2.09. The first-order valence-electron chi connectivity index (χ1n) is 7.31. The molecule has 1 heterocycles. The van der Waals surface area contributed by atoms with Gasteiger partial charge in [0.2, 0.25) is 0 Å². The number of hydrogen-bond donors (Lipinski definition) is 2. The summed E-state index contributed by atoms with van der Waals surface area (Å²) in [6.07, 6.45) is 0. The summed E-state index contributed by atoms with van der Waals surface area (Å²) >= 11 is 1.47. The molecule has 0 unspecified atom stereocenters. The second-order valence-corrected chi connectivity index (χ2v) is 6.55. The molecule has 0 aliphatic carbocycles. The van der Waals surface area contributed by atoms with E-state index in [0.29, 0.717) is 10.6 Å². The van der Waals surface area contributed by atoms with E-state index >= 15 is 0 Å². The molecule has 0 saturated carbocycles. The van der Waals surface area contributed by atoms with Crippen LogP contribution in [-0.2, 0) is 0 Å². The largest absolute Gasteiger partial charge is 0.508 e. The Morgan fingerprint density at radius 3 is 2.39 bits per heavy atom. The first-order valence-corrected chi connectivity index (χ1v) is 8.12. The molecule has 0 aliphatic heterocycles. The summed E-state index contributed by atoms with van der Waals surface area (Å²) in [5.74, 6) is 0.0342. The third kappa shape index (κ3) is 3.43. The molecule has 4 heteroatoms. The van der Waals surface area contributed by atoms with Gasteiger partial charge >= 0.3 is 0 Å². The Morgan fingerprint density at radius 2 is 1.70 bits per heavy atom. The van der Waals surface area contributed by atoms with Crippen LogP contribution < -0.4 is 5.32 Å². The highest BCUT2D eigenvalue weighted by molar-refractivity contribution is 7.17. The Bertz CT molecular complexity index is 850. The Balaban J connectivity index is 1.79. The average Bonchev–Trinajstić information content (AvgIpc) is 3.02. The van der Waals surface area contributed by atoms with Crippen molar-refractivity contribution >= 4 is 22.9 Å². The van der Waals surface area contributed by atoms with Crippen molar-refractivity contribution in [2.75, 3.05) is 5.32 Å². The van der Waals surface area contributed by atoms with Crippen molar-refractivity contribution in [1.82, 2.24) is 0 Å². The Labute approximate surface area is 139 Å². The van der Waals surface area contributed by atoms with Crippen molar-refractivity contribution in [3.63, 3.8) is 0 Å². The van der Waals surface area contributed by atoms with Gasteiger partial charge in [-0.15, -0.1) is 11.3 Å². The zero-order valence-electron chi connectivity index (χ0n) is 13.0. The number of phenols is 1. The summed E-state index contributed by atoms with van der Waals surface area (Å²) in [5.41, 5.74) is 4.29. The van der Waals surface area contributed by atoms with E-state index in [4.69, 9.17) is 0 Å². The number of thiophene rings is 1. The monoisotopic (exact) mass is 323 g/mol. The molecule has 0 atom stereocenters. The van der Waals surface area contributed by atoms with Crippen molar-refractivity contribution < 1.29 is 9.90 Å². The lowest BCUT2D eigenvalue weighted by molar-refractivity contribution is 0.103. The molecule has 3 rings (SSSR count). The van der Waals surface area contributed by atoms with E-state index in [1.54, 1.807) is 24.3 Å². The maximum atomic E-state index is 12.3. The SMILES string of the molecule is Cc1ccc(-c2ccc(C(=O)Nc3ccc(O)cc3)s2)cc1C. The fourth-order valence-electron chi connectivity index (χ4n) is 2.25. The lowest BCUT2D eigenvalue weighted by Gasteiger charge is -2.04. The molecular formula is C19H17NO2S. The Kier molecular flexibility index (Phi) is 4.17. The molecule has 0 radical (unpaired) electrons. The minimum atomic E-state index is -0.143. The summed E-state index contributed by atoms with van der Waals surface area (Å²) in [6.45, 7) is 4.18. The summed E-state index contributed by atoms with van der Waals surface area (Å²) in [5, 5.41) is 12.1. The Hall–Kier alpha value is -2.59. The quantitative estimate of drug-likeness (QED) is 0.667. The predicted molar refractivity (Wildman–Crippen MR) is 95.3 cm³/mol. The van der Waals surface area contributed by atoms with Crippen molar-refractivity contribution in [2.24, 2.45) is 0 Å². The zero-order chi connectivity index (χ0) is 16.4. The van der Waals surface area contributed by atoms with Gasteiger partial charge in [-0.2, -0.15) is 0 Å². The topological polar surface area (TPSA) is 49.3 Å². The van der Waals surface area contributed by atoms with Gasteiger partial charge in [-0.25, -0.2) is 0 Å². The smallest absolute Gasteiger partial charge is 0.265 e. The zero-order valence-corrected chi connectivity index (χ0v) is 13.8. The number of nitrogens with one attached hydrogen (secondary N) is 1. The first-order chi connectivity index (χ1) is 11.0. The molecule has 2 aromatic carbocycles. The van der Waals surface area contributed by atoms with Gasteiger partial charge in [0.05, 0.1) is 4.88 Å². The number of aryl methyl sites for hydroxylation is 2. The number of aromatic hydroxyl groups is 1. The maximum absolute atomic E-state index is 12.3. The van der Waals surface area contributed by atoms with E-state index in [9.17, 15) is 9.90 Å². The van der Waals surface area contributed by atoms with Crippen molar-refractivity contribution in [2.45, 2.75) is 13.8 Å². The normalized spacial score (nSPS) is 10.5. The van der Waals surface area contributed by atoms with Crippen LogP contribution in [0.15, 0.2) is 54.6 Å². The molecular weight excluding hydrogens is 306 g/mol. The van der Waals surface area contributed by atoms with E-state index in [2.05, 4.69) is 37.4 Å². The number of amides is 1. The summed E-state index contributed by atoms with van der Waals surface area (Å²) < 4.78 is 0. The van der Waals surface area contributed by atoms with Gasteiger partial charge in [0.25, 0.3) is 5.91 Å². The molecule has 23 heavy (non-hydrogen) atoms. The molecule has 0 saturated heterocycles. The fourth-order valence-corrected chi connectivity index (χ4v) is 3.14. The van der Waals surface area contributed by atoms with E-state index in [0.717, 1.165) is 10.4 Å². The average molecular weight is 323 g/mol. The number of hydrogen-bond acceptors (Lipinski definition) is 3. The second-order valence-electron chi connectivity index (χ2n) is 5.46. The van der Waals surface area contributed by atoms with Crippen LogP contribution in [0.4, 0.5) is 5.69 Å². The van der Waals surface area contributed by atoms with E-state index in [1.807, 2.05) is 12.1 Å². The van der Waals surface area contributed by atoms with Gasteiger partial charge < -0.3 is 10.4 Å². The fraction of sp³-hybridized carbons (Fsp3) is 0.105. The number of anilines is 1. The van der Waals surface area contributed by atoms with Gasteiger partial charge in [-0.05, 0) is 66.9 Å². The van der Waals surface area contributed by atoms with Gasteiger partial charge in [-0.1, -0.05) is 18.2 Å². The van der Waals surface area contributed by atoms with Crippen LogP contribution in [0.3, 0.4) is 0 Å². The van der Waals surface area contributed by atoms with Crippen molar-refractivity contribution in [1.29, 1.82) is 0 Å². The van der Waals surface area contributed by atoms with Crippen LogP contribution in [0.1, 0.15) is 20.8 Å². The minimum Gasteiger partial charge on any atom is -0.508 e. The second kappa shape index (κ2) is 6.26. The lowest BCUT2D eigenvalue weighted by atomic mass is 10.1. The van der Waals surface area contributed by atoms with Crippen molar-refractivity contribution in [3.05, 3.63) is 70.6 Å². The molecule has 0 bridgehead atoms. The molecule has 0 fully saturated rings. The van der Waals surface area contributed by atoms with Gasteiger partial charge in [0.1, 0.15) is 5.75 Å². The molecule has 2 N–H and O–H groups in total. The van der Waals surface area contributed by atoms with Crippen LogP contribution in [0.25, 0.3) is 10.4 Å². The highest BCUT2D eigenvalue weighted by atomic mass is 32.1. The highest BCUT2D eigenvalue weighted by Crippen LogP contribution is 2.30. The minimum absolute atomic E-state index is 0.143.